The minimum absolute atomic E-state index is 0.0536. The van der Waals surface area contributed by atoms with Crippen molar-refractivity contribution in [1.82, 2.24) is 0 Å². The first-order chi connectivity index (χ1) is 16.3. The van der Waals surface area contributed by atoms with Gasteiger partial charge in [-0.05, 0) is 54.8 Å². The fraction of sp³-hybridized carbons (Fsp3) is 0.217. The molecule has 0 radical (unpaired) electrons. The first-order valence-corrected chi connectivity index (χ1v) is 13.3. The van der Waals surface area contributed by atoms with Crippen molar-refractivity contribution in [3.63, 3.8) is 0 Å². The maximum Gasteiger partial charge on any atom is 0.270 e. The second-order valence-electron chi connectivity index (χ2n) is 8.03. The van der Waals surface area contributed by atoms with Gasteiger partial charge in [-0.15, -0.1) is 0 Å². The first kappa shape index (κ1) is 26.0. The van der Waals surface area contributed by atoms with Crippen molar-refractivity contribution in [2.75, 3.05) is 11.8 Å². The van der Waals surface area contributed by atoms with Crippen LogP contribution in [0.1, 0.15) is 30.9 Å². The number of aromatic hydroxyl groups is 1. The average molecular weight is 521 g/mol. The number of aryl methyl sites for hydroxylation is 1. The van der Waals surface area contributed by atoms with Crippen molar-refractivity contribution in [2.24, 2.45) is 0 Å². The number of anilines is 1. The fourth-order valence-electron chi connectivity index (χ4n) is 3.56. The molecule has 10 nitrogen and oxygen atoms in total. The number of sulfone groups is 1. The smallest absolute Gasteiger partial charge is 0.270 e. The molecule has 0 atom stereocenters. The number of nitrogens with one attached hydrogen (secondary N) is 1. The van der Waals surface area contributed by atoms with Gasteiger partial charge in [0, 0.05) is 17.7 Å². The van der Waals surface area contributed by atoms with Gasteiger partial charge in [-0.1, -0.05) is 19.9 Å². The molecule has 3 aromatic rings. The number of hydrogen-bond donors (Lipinski definition) is 2. The number of methoxy groups -OCH3 is 1. The molecule has 186 valence electrons. The Morgan fingerprint density at radius 3 is 2.17 bits per heavy atom. The Morgan fingerprint density at radius 2 is 1.63 bits per heavy atom. The number of phenolic OH excluding ortho intramolecular Hbond substituents is 1. The van der Waals surface area contributed by atoms with Crippen molar-refractivity contribution in [2.45, 2.75) is 41.4 Å². The van der Waals surface area contributed by atoms with Crippen LogP contribution in [-0.4, -0.2) is 34.0 Å². The van der Waals surface area contributed by atoms with E-state index in [0.29, 0.717) is 5.75 Å². The van der Waals surface area contributed by atoms with E-state index in [0.717, 1.165) is 12.1 Å². The van der Waals surface area contributed by atoms with E-state index in [2.05, 4.69) is 4.72 Å². The van der Waals surface area contributed by atoms with Crippen molar-refractivity contribution >= 4 is 31.2 Å². The van der Waals surface area contributed by atoms with Crippen LogP contribution in [0.2, 0.25) is 0 Å². The molecule has 2 N–H and O–H groups in total. The summed E-state index contributed by atoms with van der Waals surface area (Å²) in [7, 11) is -7.18. The molecule has 0 spiro atoms. The van der Waals surface area contributed by atoms with Crippen LogP contribution in [0, 0.1) is 17.0 Å². The third kappa shape index (κ3) is 5.08. The lowest BCUT2D eigenvalue weighted by molar-refractivity contribution is -0.385. The summed E-state index contributed by atoms with van der Waals surface area (Å²) in [5.41, 5.74) is -0.299. The molecule has 0 aromatic heterocycles. The molecule has 12 heteroatoms. The lowest BCUT2D eigenvalue weighted by Gasteiger charge is -2.22. The molecule has 0 aliphatic heterocycles. The summed E-state index contributed by atoms with van der Waals surface area (Å²) in [5, 5.41) is 21.9. The zero-order valence-electron chi connectivity index (χ0n) is 19.3. The third-order valence-corrected chi connectivity index (χ3v) is 8.49. The van der Waals surface area contributed by atoms with Gasteiger partial charge in [0.1, 0.15) is 16.4 Å². The number of nitrogens with zero attached hydrogens (tertiary/aromatic N) is 1. The maximum absolute atomic E-state index is 13.6. The van der Waals surface area contributed by atoms with Gasteiger partial charge in [0.2, 0.25) is 9.84 Å². The molecule has 0 bridgehead atoms. The Bertz CT molecular complexity index is 1500. The topological polar surface area (TPSA) is 153 Å². The van der Waals surface area contributed by atoms with Crippen molar-refractivity contribution in [1.29, 1.82) is 0 Å². The van der Waals surface area contributed by atoms with Crippen LogP contribution in [-0.2, 0) is 19.9 Å². The Kier molecular flexibility index (Phi) is 7.08. The highest BCUT2D eigenvalue weighted by molar-refractivity contribution is 7.93. The number of non-ortho nitro benzene ring substituents is 1. The summed E-state index contributed by atoms with van der Waals surface area (Å²) in [6, 6.07) is 11.4. The lowest BCUT2D eigenvalue weighted by Crippen LogP contribution is -2.17. The molecule has 0 saturated heterocycles. The zero-order valence-corrected chi connectivity index (χ0v) is 21.0. The monoisotopic (exact) mass is 520 g/mol. The van der Waals surface area contributed by atoms with Crippen LogP contribution in [0.15, 0.2) is 69.3 Å². The van der Waals surface area contributed by atoms with Crippen LogP contribution >= 0.6 is 0 Å². The van der Waals surface area contributed by atoms with Gasteiger partial charge in [-0.3, -0.25) is 14.8 Å². The molecule has 3 aromatic carbocycles. The second-order valence-corrected chi connectivity index (χ2v) is 11.6. The van der Waals surface area contributed by atoms with Gasteiger partial charge in [0.15, 0.2) is 0 Å². The van der Waals surface area contributed by atoms with E-state index in [1.54, 1.807) is 13.8 Å². The SMILES string of the molecule is COc1ccc(S(=O)(=O)c2c(O)c(C)cc(NS(=O)(=O)c3cccc([N+](=O)[O-])c3)c2C(C)C)cc1. The number of benzene rings is 3. The number of nitro benzene ring substituents is 1. The molecule has 0 saturated carbocycles. The molecule has 0 aliphatic rings. The maximum atomic E-state index is 13.6. The highest BCUT2D eigenvalue weighted by Gasteiger charge is 2.31. The summed E-state index contributed by atoms with van der Waals surface area (Å²) >= 11 is 0. The minimum atomic E-state index is -4.34. The molecule has 0 unspecified atom stereocenters. The van der Waals surface area contributed by atoms with Gasteiger partial charge < -0.3 is 9.84 Å². The predicted molar refractivity (Wildman–Crippen MR) is 129 cm³/mol. The quantitative estimate of drug-likeness (QED) is 0.252. The van der Waals surface area contributed by atoms with E-state index in [-0.39, 0.29) is 26.6 Å². The molecular formula is C23H24N2O8S2. The summed E-state index contributed by atoms with van der Waals surface area (Å²) in [4.78, 5) is 9.45. The highest BCUT2D eigenvalue weighted by Crippen LogP contribution is 2.43. The van der Waals surface area contributed by atoms with Crippen LogP contribution in [0.3, 0.4) is 0 Å². The van der Waals surface area contributed by atoms with E-state index < -0.39 is 47.0 Å². The largest absolute Gasteiger partial charge is 0.506 e. The number of hydrogen-bond acceptors (Lipinski definition) is 8. The molecule has 0 heterocycles. The molecule has 0 amide bonds. The van der Waals surface area contributed by atoms with E-state index in [1.165, 1.54) is 56.5 Å². The highest BCUT2D eigenvalue weighted by atomic mass is 32.2. The number of ether oxygens (including phenoxy) is 1. The lowest BCUT2D eigenvalue weighted by atomic mass is 9.99. The normalized spacial score (nSPS) is 11.9. The van der Waals surface area contributed by atoms with Gasteiger partial charge in [-0.25, -0.2) is 16.8 Å². The van der Waals surface area contributed by atoms with Gasteiger partial charge in [0.05, 0.1) is 27.5 Å². The van der Waals surface area contributed by atoms with Crippen LogP contribution < -0.4 is 9.46 Å². The van der Waals surface area contributed by atoms with Crippen molar-refractivity contribution in [3.05, 3.63) is 75.8 Å². The van der Waals surface area contributed by atoms with Crippen LogP contribution in [0.25, 0.3) is 0 Å². The number of rotatable bonds is 8. The predicted octanol–water partition coefficient (Wildman–Crippen LogP) is 4.37. The van der Waals surface area contributed by atoms with E-state index in [9.17, 15) is 32.1 Å². The summed E-state index contributed by atoms with van der Waals surface area (Å²) < 4.78 is 60.8. The Hall–Kier alpha value is -3.64. The molecular weight excluding hydrogens is 496 g/mol. The van der Waals surface area contributed by atoms with E-state index in [4.69, 9.17) is 4.74 Å². The number of sulfonamides is 1. The third-order valence-electron chi connectivity index (χ3n) is 5.28. The van der Waals surface area contributed by atoms with Gasteiger partial charge in [-0.2, -0.15) is 0 Å². The van der Waals surface area contributed by atoms with Crippen molar-refractivity contribution in [3.8, 4) is 11.5 Å². The Balaban J connectivity index is 2.22. The number of phenols is 1. The molecule has 35 heavy (non-hydrogen) atoms. The summed E-state index contributed by atoms with van der Waals surface area (Å²) in [6.45, 7) is 4.75. The van der Waals surface area contributed by atoms with Crippen LogP contribution in [0.5, 0.6) is 11.5 Å². The molecule has 0 aliphatic carbocycles. The minimum Gasteiger partial charge on any atom is -0.506 e. The van der Waals surface area contributed by atoms with E-state index >= 15 is 0 Å². The Morgan fingerprint density at radius 1 is 1.00 bits per heavy atom. The zero-order chi connectivity index (χ0) is 26.1. The van der Waals surface area contributed by atoms with Crippen molar-refractivity contribution < 1.29 is 31.6 Å². The number of nitro groups is 1. The summed E-state index contributed by atoms with van der Waals surface area (Å²) in [6.07, 6.45) is 0. The van der Waals surface area contributed by atoms with E-state index in [1.807, 2.05) is 0 Å². The fourth-order valence-corrected chi connectivity index (χ4v) is 6.45. The molecule has 0 fully saturated rings. The summed E-state index contributed by atoms with van der Waals surface area (Å²) in [5.74, 6) is -0.595. The molecule has 3 rings (SSSR count). The second kappa shape index (κ2) is 9.55. The Labute approximate surface area is 203 Å². The van der Waals surface area contributed by atoms with Crippen LogP contribution in [0.4, 0.5) is 11.4 Å². The first-order valence-electron chi connectivity index (χ1n) is 10.3. The average Bonchev–Trinajstić information content (AvgIpc) is 2.80. The van der Waals surface area contributed by atoms with Gasteiger partial charge >= 0.3 is 0 Å². The standard InChI is InChI=1S/C23H24N2O8S2/c1-14(2)21-20(24-35(31,32)19-7-5-6-16(13-19)25(27)28)12-15(3)22(26)23(21)34(29,30)18-10-8-17(33-4)9-11-18/h5-14,24,26H,1-4H3. The van der Waals surface area contributed by atoms with Gasteiger partial charge in [0.25, 0.3) is 15.7 Å².